The summed E-state index contributed by atoms with van der Waals surface area (Å²) < 4.78 is 10.8. The summed E-state index contributed by atoms with van der Waals surface area (Å²) in [5.74, 6) is 2.98. The van der Waals surface area contributed by atoms with Crippen LogP contribution in [0.1, 0.15) is 38.5 Å². The van der Waals surface area contributed by atoms with Gasteiger partial charge in [-0.05, 0) is 37.5 Å². The third-order valence-electron chi connectivity index (χ3n) is 6.73. The van der Waals surface area contributed by atoms with E-state index in [-0.39, 0.29) is 36.8 Å². The molecule has 4 unspecified atom stereocenters. The van der Waals surface area contributed by atoms with E-state index in [1.165, 1.54) is 25.7 Å². The lowest BCUT2D eigenvalue weighted by Crippen LogP contribution is -2.44. The Morgan fingerprint density at radius 1 is 1.10 bits per heavy atom. The molecule has 2 N–H and O–H groups in total. The number of amides is 1. The number of benzene rings is 1. The number of nitrogens with one attached hydrogen (secondary N) is 2. The smallest absolute Gasteiger partial charge is 0.237 e. The molecule has 6 nitrogen and oxygen atoms in total. The largest absolute Gasteiger partial charge is 0.497 e. The zero-order chi connectivity index (χ0) is 19.5. The molecule has 3 aliphatic rings. The molecule has 0 spiro atoms. The van der Waals surface area contributed by atoms with Crippen molar-refractivity contribution in [1.29, 1.82) is 0 Å². The zero-order valence-corrected chi connectivity index (χ0v) is 19.5. The second-order valence-corrected chi connectivity index (χ2v) is 8.52. The fraction of sp³-hybridized carbons (Fsp3) is 0.682. The van der Waals surface area contributed by atoms with E-state index in [1.54, 1.807) is 14.2 Å². The quantitative estimate of drug-likeness (QED) is 0.682. The van der Waals surface area contributed by atoms with Gasteiger partial charge in [0.2, 0.25) is 5.91 Å². The number of hydrogen-bond acceptors (Lipinski definition) is 5. The van der Waals surface area contributed by atoms with Gasteiger partial charge in [0.25, 0.3) is 0 Å². The number of carbonyl (C=O) groups excluding carboxylic acids is 1. The van der Waals surface area contributed by atoms with Gasteiger partial charge >= 0.3 is 0 Å². The highest BCUT2D eigenvalue weighted by Gasteiger charge is 2.38. The Kier molecular flexibility index (Phi) is 9.38. The summed E-state index contributed by atoms with van der Waals surface area (Å²) >= 11 is 0. The van der Waals surface area contributed by atoms with Crippen LogP contribution in [0.15, 0.2) is 18.2 Å². The standard InChI is InChI=1S/C22H33N3O3.2ClH/c1-27-18-10-17(11-19(12-18)28-2)25-8-7-15(14-25)13-23-22(26)21-9-16-5-3-4-6-20(16)24-21;;/h10-12,15-16,20-21,24H,3-9,13-14H2,1-2H3,(H,23,26);2*1H. The van der Waals surface area contributed by atoms with Crippen LogP contribution in [0.5, 0.6) is 11.5 Å². The van der Waals surface area contributed by atoms with E-state index >= 15 is 0 Å². The number of nitrogens with zero attached hydrogens (tertiary/aromatic N) is 1. The Balaban J connectivity index is 0.00000160. The van der Waals surface area contributed by atoms with Gasteiger partial charge in [-0.2, -0.15) is 0 Å². The molecule has 1 aromatic carbocycles. The minimum absolute atomic E-state index is 0. The molecule has 1 saturated carbocycles. The molecule has 3 fully saturated rings. The molecule has 30 heavy (non-hydrogen) atoms. The highest BCUT2D eigenvalue weighted by Crippen LogP contribution is 2.34. The molecular formula is C22H35Cl2N3O3. The first-order valence-electron chi connectivity index (χ1n) is 10.7. The van der Waals surface area contributed by atoms with Crippen LogP contribution in [0, 0.1) is 11.8 Å². The number of carbonyl (C=O) groups is 1. The number of methoxy groups -OCH3 is 2. The summed E-state index contributed by atoms with van der Waals surface area (Å²) in [6, 6.07) is 6.56. The molecule has 0 bridgehead atoms. The van der Waals surface area contributed by atoms with Crippen molar-refractivity contribution in [1.82, 2.24) is 10.6 Å². The molecule has 0 aromatic heterocycles. The maximum Gasteiger partial charge on any atom is 0.237 e. The number of hydrogen-bond donors (Lipinski definition) is 2. The van der Waals surface area contributed by atoms with Gasteiger partial charge in [0.1, 0.15) is 11.5 Å². The van der Waals surface area contributed by atoms with Crippen molar-refractivity contribution in [3.05, 3.63) is 18.2 Å². The highest BCUT2D eigenvalue weighted by molar-refractivity contribution is 5.85. The van der Waals surface area contributed by atoms with E-state index in [0.717, 1.165) is 49.7 Å². The first-order valence-corrected chi connectivity index (χ1v) is 10.7. The monoisotopic (exact) mass is 459 g/mol. The molecule has 8 heteroatoms. The predicted molar refractivity (Wildman–Crippen MR) is 125 cm³/mol. The van der Waals surface area contributed by atoms with Crippen LogP contribution in [-0.2, 0) is 4.79 Å². The summed E-state index contributed by atoms with van der Waals surface area (Å²) in [6.45, 7) is 2.69. The maximum atomic E-state index is 12.6. The predicted octanol–water partition coefficient (Wildman–Crippen LogP) is 3.41. The molecule has 1 amide bonds. The minimum atomic E-state index is 0. The molecular weight excluding hydrogens is 425 g/mol. The average Bonchev–Trinajstić information content (AvgIpc) is 3.38. The second-order valence-electron chi connectivity index (χ2n) is 8.52. The Morgan fingerprint density at radius 3 is 2.47 bits per heavy atom. The van der Waals surface area contributed by atoms with Crippen LogP contribution in [0.3, 0.4) is 0 Å². The lowest BCUT2D eigenvalue weighted by molar-refractivity contribution is -0.123. The lowest BCUT2D eigenvalue weighted by Gasteiger charge is -2.24. The molecule has 4 atom stereocenters. The Bertz CT molecular complexity index is 670. The average molecular weight is 460 g/mol. The molecule has 2 heterocycles. The summed E-state index contributed by atoms with van der Waals surface area (Å²) in [6.07, 6.45) is 7.23. The van der Waals surface area contributed by atoms with Gasteiger partial charge in [-0.3, -0.25) is 4.79 Å². The van der Waals surface area contributed by atoms with Gasteiger partial charge in [0, 0.05) is 49.6 Å². The van der Waals surface area contributed by atoms with Crippen molar-refractivity contribution in [3.63, 3.8) is 0 Å². The normalized spacial score (nSPS) is 27.5. The van der Waals surface area contributed by atoms with Crippen molar-refractivity contribution in [2.24, 2.45) is 11.8 Å². The number of ether oxygens (including phenoxy) is 2. The number of fused-ring (bicyclic) bond motifs is 1. The summed E-state index contributed by atoms with van der Waals surface area (Å²) in [4.78, 5) is 15.0. The van der Waals surface area contributed by atoms with E-state index in [9.17, 15) is 4.79 Å². The molecule has 2 saturated heterocycles. The summed E-state index contributed by atoms with van der Waals surface area (Å²) in [5.41, 5.74) is 1.12. The third kappa shape index (κ3) is 5.65. The number of anilines is 1. The van der Waals surface area contributed by atoms with Crippen molar-refractivity contribution in [2.75, 3.05) is 38.8 Å². The Labute approximate surface area is 192 Å². The highest BCUT2D eigenvalue weighted by atomic mass is 35.5. The lowest BCUT2D eigenvalue weighted by atomic mass is 9.85. The van der Waals surface area contributed by atoms with Crippen LogP contribution in [0.4, 0.5) is 5.69 Å². The summed E-state index contributed by atoms with van der Waals surface area (Å²) in [7, 11) is 3.35. The van der Waals surface area contributed by atoms with E-state index in [2.05, 4.69) is 15.5 Å². The first kappa shape index (κ1) is 24.9. The van der Waals surface area contributed by atoms with Gasteiger partial charge in [-0.1, -0.05) is 12.8 Å². The minimum Gasteiger partial charge on any atom is -0.497 e. The molecule has 4 rings (SSSR count). The number of rotatable bonds is 6. The van der Waals surface area contributed by atoms with Crippen LogP contribution in [0.25, 0.3) is 0 Å². The first-order chi connectivity index (χ1) is 13.7. The topological polar surface area (TPSA) is 62.8 Å². The fourth-order valence-electron chi connectivity index (χ4n) is 5.10. The fourth-order valence-corrected chi connectivity index (χ4v) is 5.10. The maximum absolute atomic E-state index is 12.6. The van der Waals surface area contributed by atoms with Gasteiger partial charge in [-0.15, -0.1) is 24.8 Å². The Morgan fingerprint density at radius 2 is 1.80 bits per heavy atom. The van der Waals surface area contributed by atoms with Crippen molar-refractivity contribution >= 4 is 36.4 Å². The van der Waals surface area contributed by atoms with E-state index in [1.807, 2.05) is 18.2 Å². The number of halogens is 2. The van der Waals surface area contributed by atoms with Crippen LogP contribution in [0.2, 0.25) is 0 Å². The van der Waals surface area contributed by atoms with Gasteiger partial charge in [0.15, 0.2) is 0 Å². The summed E-state index contributed by atoms with van der Waals surface area (Å²) in [5, 5.41) is 6.79. The van der Waals surface area contributed by atoms with E-state index in [4.69, 9.17) is 9.47 Å². The van der Waals surface area contributed by atoms with E-state index < -0.39 is 0 Å². The molecule has 1 aliphatic carbocycles. The molecule has 0 radical (unpaired) electrons. The van der Waals surface area contributed by atoms with Crippen molar-refractivity contribution in [3.8, 4) is 11.5 Å². The third-order valence-corrected chi connectivity index (χ3v) is 6.73. The van der Waals surface area contributed by atoms with Gasteiger partial charge in [0.05, 0.1) is 20.3 Å². The van der Waals surface area contributed by atoms with E-state index in [0.29, 0.717) is 17.9 Å². The molecule has 2 aliphatic heterocycles. The van der Waals surface area contributed by atoms with Gasteiger partial charge in [-0.25, -0.2) is 0 Å². The SMILES string of the molecule is COc1cc(OC)cc(N2CCC(CNC(=O)C3CC4CCCCC4N3)C2)c1.Cl.Cl. The molecule has 1 aromatic rings. The van der Waals surface area contributed by atoms with Crippen LogP contribution >= 0.6 is 24.8 Å². The van der Waals surface area contributed by atoms with Gasteiger partial charge < -0.3 is 25.0 Å². The van der Waals surface area contributed by atoms with Crippen LogP contribution < -0.4 is 25.0 Å². The Hall–Kier alpha value is -1.37. The zero-order valence-electron chi connectivity index (χ0n) is 17.9. The van der Waals surface area contributed by atoms with Crippen LogP contribution in [-0.4, -0.2) is 51.8 Å². The van der Waals surface area contributed by atoms with Crippen molar-refractivity contribution in [2.45, 2.75) is 50.6 Å². The second kappa shape index (κ2) is 11.3. The molecule has 170 valence electrons. The van der Waals surface area contributed by atoms with Crippen molar-refractivity contribution < 1.29 is 14.3 Å².